The highest BCUT2D eigenvalue weighted by Crippen LogP contribution is 2.34. The van der Waals surface area contributed by atoms with E-state index in [-0.39, 0.29) is 88.5 Å². The number of aliphatic hydroxyl groups excluding tert-OH is 9. The molecule has 0 heterocycles. The third-order valence-electron chi connectivity index (χ3n) is 12.6. The van der Waals surface area contributed by atoms with Crippen LogP contribution in [0.25, 0.3) is 6.08 Å². The second-order valence-electron chi connectivity index (χ2n) is 16.7. The van der Waals surface area contributed by atoms with Crippen LogP contribution in [-0.4, -0.2) is 127 Å². The van der Waals surface area contributed by atoms with E-state index < -0.39 is 36.6 Å². The zero-order valence-corrected chi connectivity index (χ0v) is 33.5. The fourth-order valence-electron chi connectivity index (χ4n) is 8.71. The van der Waals surface area contributed by atoms with E-state index in [4.69, 9.17) is 15.3 Å². The van der Waals surface area contributed by atoms with Crippen molar-refractivity contribution in [2.45, 2.75) is 149 Å². The molecule has 4 saturated carbocycles. The van der Waals surface area contributed by atoms with Gasteiger partial charge in [0.05, 0.1) is 36.6 Å². The number of hydrogen-bond donors (Lipinski definition) is 11. The standard InChI is InChI=1S/C18H33NO4.C17H23NO4.C8H16O3.2CH4/c20-12-15-10-14(17(22)18(15)23)11-19-16(21)9-5-4-8-13-6-2-1-3-7-13;1-11-2-4-12(5-3-11)6-7-15(20)18-9-13-8-14(10-19)17(22)16(13)21;1-2-5-3-6(4-9)8(11)7(5)10;;/h13-15,17-18,20,22-23H,1-12H2,(H,19,21);2-7,13-14,16-17,19,21-22H,8-10H2,1H3,(H,18,20);5-11H,2-4H2,1H3;2*1H4/b;7-6+;;;/t14-,15-,17-,18+;13-,14-,16-,17+;5-,6+,7+,8-;;/m110../s1. The van der Waals surface area contributed by atoms with Crippen LogP contribution in [0.4, 0.5) is 0 Å². The first-order valence-corrected chi connectivity index (χ1v) is 21.0. The monoisotopic (exact) mass is 825 g/mol. The van der Waals surface area contributed by atoms with Gasteiger partial charge in [0.15, 0.2) is 0 Å². The van der Waals surface area contributed by atoms with Gasteiger partial charge in [0, 0.05) is 75.0 Å². The molecule has 0 spiro atoms. The molecule has 0 bridgehead atoms. The number of carbonyl (C=O) groups excluding carboxylic acids is 2. The first kappa shape index (κ1) is 53.6. The van der Waals surface area contributed by atoms with Crippen LogP contribution in [0.3, 0.4) is 0 Å². The lowest BCUT2D eigenvalue weighted by molar-refractivity contribution is -0.121. The summed E-state index contributed by atoms with van der Waals surface area (Å²) in [6.07, 6.45) is 11.6. The van der Waals surface area contributed by atoms with E-state index in [0.717, 1.165) is 42.7 Å². The van der Waals surface area contributed by atoms with Gasteiger partial charge in [-0.25, -0.2) is 0 Å². The molecule has 11 N–H and O–H groups in total. The van der Waals surface area contributed by atoms with E-state index in [1.165, 1.54) is 44.6 Å². The smallest absolute Gasteiger partial charge is 0.244 e. The van der Waals surface area contributed by atoms with E-state index in [0.29, 0.717) is 25.8 Å². The van der Waals surface area contributed by atoms with Crippen LogP contribution in [0.1, 0.15) is 116 Å². The third-order valence-corrected chi connectivity index (χ3v) is 12.6. The van der Waals surface area contributed by atoms with Gasteiger partial charge >= 0.3 is 0 Å². The zero-order valence-electron chi connectivity index (χ0n) is 33.5. The van der Waals surface area contributed by atoms with Crippen LogP contribution < -0.4 is 10.6 Å². The molecule has 2 amide bonds. The molecule has 4 fully saturated rings. The zero-order chi connectivity index (χ0) is 41.2. The third kappa shape index (κ3) is 16.9. The maximum Gasteiger partial charge on any atom is 0.244 e. The lowest BCUT2D eigenvalue weighted by atomic mass is 9.85. The SMILES string of the molecule is C.C.CC[C@H]1C[C@H](CO)[C@H](O)[C@@H]1O.Cc1ccc(/C=C/C(=O)NC[C@H]2C[C@H](CO)[C@H](O)[C@@H]2O)cc1.O=C(CCCCC1CCCCC1)NC[C@H]1C[C@H](CO)[C@H](O)[C@@H]1O. The number of nitrogens with one attached hydrogen (secondary N) is 2. The second-order valence-corrected chi connectivity index (χ2v) is 16.7. The summed E-state index contributed by atoms with van der Waals surface area (Å²) in [5, 5.41) is 90.7. The van der Waals surface area contributed by atoms with E-state index in [1.807, 2.05) is 38.1 Å². The van der Waals surface area contributed by atoms with Gasteiger partial charge in [-0.2, -0.15) is 0 Å². The summed E-state index contributed by atoms with van der Waals surface area (Å²) < 4.78 is 0. The van der Waals surface area contributed by atoms with Crippen LogP contribution >= 0.6 is 0 Å². The average Bonchev–Trinajstić information content (AvgIpc) is 3.78. The molecule has 13 heteroatoms. The number of unbranched alkanes of at least 4 members (excludes halogenated alkanes) is 1. The van der Waals surface area contributed by atoms with E-state index in [2.05, 4.69) is 10.6 Å². The number of benzene rings is 1. The molecule has 0 aliphatic heterocycles. The Morgan fingerprint density at radius 1 is 0.638 bits per heavy atom. The van der Waals surface area contributed by atoms with Crippen LogP contribution in [0.5, 0.6) is 0 Å². The summed E-state index contributed by atoms with van der Waals surface area (Å²) >= 11 is 0. The molecule has 0 radical (unpaired) electrons. The highest BCUT2D eigenvalue weighted by atomic mass is 16.3. The molecule has 5 rings (SSSR count). The molecule has 4 aliphatic carbocycles. The Labute approximate surface area is 348 Å². The lowest BCUT2D eigenvalue weighted by Crippen LogP contribution is -2.35. The molecule has 1 aromatic rings. The van der Waals surface area contributed by atoms with Crippen molar-refractivity contribution in [3.63, 3.8) is 0 Å². The highest BCUT2D eigenvalue weighted by Gasteiger charge is 2.42. The lowest BCUT2D eigenvalue weighted by Gasteiger charge is -2.21. The molecule has 0 unspecified atom stereocenters. The molecule has 58 heavy (non-hydrogen) atoms. The van der Waals surface area contributed by atoms with Crippen molar-refractivity contribution in [1.29, 1.82) is 0 Å². The summed E-state index contributed by atoms with van der Waals surface area (Å²) in [6, 6.07) is 7.82. The van der Waals surface area contributed by atoms with Gasteiger partial charge in [-0.1, -0.05) is 103 Å². The van der Waals surface area contributed by atoms with Gasteiger partial charge in [-0.3, -0.25) is 9.59 Å². The number of rotatable bonds is 15. The Kier molecular flexibility index (Phi) is 26.0. The van der Waals surface area contributed by atoms with Crippen LogP contribution in [0, 0.1) is 48.3 Å². The first-order chi connectivity index (χ1) is 26.8. The van der Waals surface area contributed by atoms with Crippen molar-refractivity contribution >= 4 is 17.9 Å². The van der Waals surface area contributed by atoms with Crippen molar-refractivity contribution in [2.24, 2.45) is 41.4 Å². The van der Waals surface area contributed by atoms with Crippen LogP contribution in [-0.2, 0) is 9.59 Å². The Morgan fingerprint density at radius 3 is 1.53 bits per heavy atom. The maximum absolute atomic E-state index is 11.9. The van der Waals surface area contributed by atoms with Gasteiger partial charge in [0.1, 0.15) is 0 Å². The molecule has 13 nitrogen and oxygen atoms in total. The summed E-state index contributed by atoms with van der Waals surface area (Å²) in [5.74, 6) is -0.272. The van der Waals surface area contributed by atoms with Crippen LogP contribution in [0.15, 0.2) is 30.3 Å². The Hall–Kier alpha value is -2.46. The largest absolute Gasteiger partial charge is 0.396 e. The quantitative estimate of drug-likeness (QED) is 0.0908. The Morgan fingerprint density at radius 2 is 1.09 bits per heavy atom. The van der Waals surface area contributed by atoms with Crippen LogP contribution in [0.2, 0.25) is 0 Å². The number of aryl methyl sites for hydroxylation is 1. The van der Waals surface area contributed by atoms with E-state index in [1.54, 1.807) is 6.08 Å². The number of aliphatic hydroxyl groups is 9. The minimum atomic E-state index is -0.921. The molecule has 12 atom stereocenters. The molecule has 4 aliphatic rings. The van der Waals surface area contributed by atoms with E-state index in [9.17, 15) is 40.2 Å². The molecular formula is C45H80N2O11. The fourth-order valence-corrected chi connectivity index (χ4v) is 8.71. The average molecular weight is 825 g/mol. The predicted molar refractivity (Wildman–Crippen MR) is 227 cm³/mol. The van der Waals surface area contributed by atoms with Crippen molar-refractivity contribution in [1.82, 2.24) is 10.6 Å². The summed E-state index contributed by atoms with van der Waals surface area (Å²) in [7, 11) is 0. The summed E-state index contributed by atoms with van der Waals surface area (Å²) in [5.41, 5.74) is 2.10. The van der Waals surface area contributed by atoms with Crippen molar-refractivity contribution in [2.75, 3.05) is 32.9 Å². The molecule has 0 aromatic heterocycles. The minimum Gasteiger partial charge on any atom is -0.396 e. The number of carbonyl (C=O) groups is 2. The Balaban J connectivity index is 0.000000452. The van der Waals surface area contributed by atoms with Crippen molar-refractivity contribution in [3.05, 3.63) is 41.5 Å². The van der Waals surface area contributed by atoms with Gasteiger partial charge < -0.3 is 56.6 Å². The molecule has 0 saturated heterocycles. The molecular weight excluding hydrogens is 744 g/mol. The maximum atomic E-state index is 11.9. The minimum absolute atomic E-state index is 0. The fraction of sp³-hybridized carbons (Fsp3) is 0.778. The predicted octanol–water partition coefficient (Wildman–Crippen LogP) is 3.09. The molecule has 336 valence electrons. The second kappa shape index (κ2) is 28.1. The highest BCUT2D eigenvalue weighted by molar-refractivity contribution is 5.91. The van der Waals surface area contributed by atoms with Gasteiger partial charge in [0.2, 0.25) is 11.8 Å². The van der Waals surface area contributed by atoms with Gasteiger partial charge in [0.25, 0.3) is 0 Å². The summed E-state index contributed by atoms with van der Waals surface area (Å²) in [4.78, 5) is 23.7. The van der Waals surface area contributed by atoms with E-state index >= 15 is 0 Å². The number of amides is 2. The summed E-state index contributed by atoms with van der Waals surface area (Å²) in [6.45, 7) is 4.36. The normalized spacial score (nSPS) is 31.9. The van der Waals surface area contributed by atoms with Gasteiger partial charge in [-0.15, -0.1) is 0 Å². The number of hydrogen-bond acceptors (Lipinski definition) is 11. The Bertz CT molecular complexity index is 1280. The van der Waals surface area contributed by atoms with Crippen molar-refractivity contribution < 1.29 is 55.5 Å². The van der Waals surface area contributed by atoms with Crippen molar-refractivity contribution in [3.8, 4) is 0 Å². The first-order valence-electron chi connectivity index (χ1n) is 21.0. The van der Waals surface area contributed by atoms with Gasteiger partial charge in [-0.05, 0) is 56.1 Å². The topological polar surface area (TPSA) is 240 Å². The molecule has 1 aromatic carbocycles.